The summed E-state index contributed by atoms with van der Waals surface area (Å²) in [5.74, 6) is 0.180. The average molecular weight is 589 g/mol. The minimum Gasteiger partial charge on any atom is -0.492 e. The van der Waals surface area contributed by atoms with E-state index in [1.54, 1.807) is 14.2 Å². The van der Waals surface area contributed by atoms with Crippen LogP contribution in [0.1, 0.15) is 66.2 Å². The largest absolute Gasteiger partial charge is 0.492 e. The van der Waals surface area contributed by atoms with Crippen LogP contribution in [0.15, 0.2) is 72.8 Å². The van der Waals surface area contributed by atoms with Gasteiger partial charge in [0.25, 0.3) is 0 Å². The number of ether oxygens (including phenoxy) is 3. The second-order valence-corrected chi connectivity index (χ2v) is 11.2. The molecule has 1 aliphatic carbocycles. The zero-order valence-electron chi connectivity index (χ0n) is 25.2. The van der Waals surface area contributed by atoms with Crippen LogP contribution in [-0.4, -0.2) is 68.4 Å². The van der Waals surface area contributed by atoms with Crippen molar-refractivity contribution in [3.8, 4) is 11.5 Å². The monoisotopic (exact) mass is 588 g/mol. The summed E-state index contributed by atoms with van der Waals surface area (Å²) in [5, 5.41) is 8.87. The molecule has 0 saturated carbocycles. The van der Waals surface area contributed by atoms with Gasteiger partial charge in [-0.05, 0) is 97.6 Å². The molecule has 1 fully saturated rings. The Bertz CT molecular complexity index is 1310. The van der Waals surface area contributed by atoms with Gasteiger partial charge in [0.2, 0.25) is 0 Å². The molecule has 5 rings (SSSR count). The highest BCUT2D eigenvalue weighted by molar-refractivity contribution is 5.79. The molecule has 1 aliphatic heterocycles. The Kier molecular flexibility index (Phi) is 12.1. The van der Waals surface area contributed by atoms with Gasteiger partial charge in [0, 0.05) is 33.1 Å². The molecular weight excluding hydrogens is 544 g/mol. The summed E-state index contributed by atoms with van der Waals surface area (Å²) in [6.07, 6.45) is 4.25. The quantitative estimate of drug-likeness (QED) is 0.227. The third kappa shape index (κ3) is 9.13. The van der Waals surface area contributed by atoms with E-state index in [0.717, 1.165) is 30.7 Å². The van der Waals surface area contributed by atoms with Crippen LogP contribution < -0.4 is 15.2 Å². The van der Waals surface area contributed by atoms with Gasteiger partial charge in [0.15, 0.2) is 0 Å². The van der Waals surface area contributed by atoms with E-state index in [1.165, 1.54) is 42.6 Å². The number of benzene rings is 3. The van der Waals surface area contributed by atoms with Crippen molar-refractivity contribution in [2.45, 2.75) is 56.4 Å². The number of hydrogen-bond acceptors (Lipinski definition) is 7. The van der Waals surface area contributed by atoms with Crippen LogP contribution in [0.5, 0.6) is 11.5 Å². The van der Waals surface area contributed by atoms with Crippen molar-refractivity contribution in [2.75, 3.05) is 40.5 Å². The Morgan fingerprint density at radius 3 is 2.30 bits per heavy atom. The van der Waals surface area contributed by atoms with Crippen LogP contribution in [0.2, 0.25) is 0 Å². The van der Waals surface area contributed by atoms with E-state index in [9.17, 15) is 9.59 Å². The lowest BCUT2D eigenvalue weighted by atomic mass is 9.69. The van der Waals surface area contributed by atoms with Crippen molar-refractivity contribution in [2.24, 2.45) is 5.73 Å². The lowest BCUT2D eigenvalue weighted by Gasteiger charge is -2.35. The minimum atomic E-state index is -0.988. The van der Waals surface area contributed by atoms with Gasteiger partial charge in [-0.3, -0.25) is 9.69 Å². The van der Waals surface area contributed by atoms with E-state index < -0.39 is 18.0 Å². The first kappa shape index (κ1) is 32.2. The zero-order chi connectivity index (χ0) is 30.6. The molecule has 3 aromatic rings. The highest BCUT2D eigenvalue weighted by atomic mass is 16.5. The number of nitrogens with zero attached hydrogens (tertiary/aromatic N) is 1. The summed E-state index contributed by atoms with van der Waals surface area (Å²) in [6.45, 7) is 4.00. The molecule has 1 saturated heterocycles. The molecule has 8 nitrogen and oxygen atoms in total. The van der Waals surface area contributed by atoms with Gasteiger partial charge in [-0.25, -0.2) is 4.79 Å². The molecule has 3 aromatic carbocycles. The van der Waals surface area contributed by atoms with Gasteiger partial charge >= 0.3 is 11.9 Å². The van der Waals surface area contributed by atoms with E-state index in [1.807, 2.05) is 18.2 Å². The van der Waals surface area contributed by atoms with Crippen molar-refractivity contribution in [3.05, 3.63) is 95.1 Å². The topological polar surface area (TPSA) is 111 Å². The molecule has 2 aliphatic rings. The summed E-state index contributed by atoms with van der Waals surface area (Å²) in [4.78, 5) is 25.7. The second kappa shape index (κ2) is 16.2. The van der Waals surface area contributed by atoms with E-state index in [0.29, 0.717) is 18.3 Å². The van der Waals surface area contributed by atoms with Crippen molar-refractivity contribution in [1.29, 1.82) is 0 Å². The number of carbonyl (C=O) groups excluding carboxylic acids is 1. The molecule has 0 spiro atoms. The Labute approximate surface area is 254 Å². The molecule has 0 bridgehead atoms. The van der Waals surface area contributed by atoms with Crippen LogP contribution in [0.3, 0.4) is 0 Å². The van der Waals surface area contributed by atoms with Crippen LogP contribution >= 0.6 is 0 Å². The third-order valence-corrected chi connectivity index (χ3v) is 8.11. The lowest BCUT2D eigenvalue weighted by Crippen LogP contribution is -2.34. The van der Waals surface area contributed by atoms with Crippen molar-refractivity contribution < 1.29 is 28.9 Å². The molecule has 0 unspecified atom stereocenters. The third-order valence-electron chi connectivity index (χ3n) is 8.11. The van der Waals surface area contributed by atoms with Crippen molar-refractivity contribution >= 4 is 11.9 Å². The molecule has 0 radical (unpaired) electrons. The van der Waals surface area contributed by atoms with E-state index in [-0.39, 0.29) is 18.8 Å². The lowest BCUT2D eigenvalue weighted by molar-refractivity contribution is -0.138. The maximum absolute atomic E-state index is 12.4. The maximum Gasteiger partial charge on any atom is 0.328 e. The molecular formula is C35H44N2O6. The fourth-order valence-electron chi connectivity index (χ4n) is 5.99. The van der Waals surface area contributed by atoms with Gasteiger partial charge in [0.1, 0.15) is 24.1 Å². The van der Waals surface area contributed by atoms with E-state index in [2.05, 4.69) is 64.2 Å². The highest BCUT2D eigenvalue weighted by Crippen LogP contribution is 2.47. The van der Waals surface area contributed by atoms with Crippen molar-refractivity contribution in [1.82, 2.24) is 4.90 Å². The van der Waals surface area contributed by atoms with Crippen molar-refractivity contribution in [3.63, 3.8) is 0 Å². The molecule has 3 N–H and O–H groups in total. The summed E-state index contributed by atoms with van der Waals surface area (Å²) in [7, 11) is 3.25. The smallest absolute Gasteiger partial charge is 0.328 e. The Hall–Kier alpha value is -3.72. The predicted molar refractivity (Wildman–Crippen MR) is 167 cm³/mol. The molecule has 3 atom stereocenters. The molecule has 1 heterocycles. The standard InChI is InChI=1S/C33H38N2O5.C2H6O/c34-30(16-17-31(36)37)33(38)40-27-13-15-29-25(22-27)10-14-28(23-6-2-1-3-7-23)32(29)24-8-11-26(12-9-24)39-21-20-35-18-4-5-19-35;1-3-2/h1-3,6-9,11-13,15,22,28,30,32H,4-5,10,14,16-21,34H2,(H,36,37);1-2H3/t28-,30+,32+;/m1./s1. The van der Waals surface area contributed by atoms with Gasteiger partial charge in [-0.1, -0.05) is 48.5 Å². The number of rotatable bonds is 11. The summed E-state index contributed by atoms with van der Waals surface area (Å²) < 4.78 is 15.9. The number of methoxy groups -OCH3 is 1. The number of esters is 1. The number of carbonyl (C=O) groups is 2. The number of nitrogens with two attached hydrogens (primary N) is 1. The maximum atomic E-state index is 12.4. The SMILES string of the molecule is COC.N[C@@H](CCC(=O)O)C(=O)Oc1ccc2c(c1)CC[C@H](c1ccccc1)[C@@H]2c1ccc(OCCN2CCCC2)cc1. The molecule has 0 aromatic heterocycles. The number of fused-ring (bicyclic) bond motifs is 1. The van der Waals surface area contributed by atoms with E-state index in [4.69, 9.17) is 20.3 Å². The Morgan fingerprint density at radius 1 is 0.953 bits per heavy atom. The number of carboxylic acid groups (broad SMARTS) is 1. The first-order chi connectivity index (χ1) is 20.9. The molecule has 0 amide bonds. The van der Waals surface area contributed by atoms with Gasteiger partial charge in [-0.15, -0.1) is 0 Å². The Morgan fingerprint density at radius 2 is 1.63 bits per heavy atom. The second-order valence-electron chi connectivity index (χ2n) is 11.2. The first-order valence-electron chi connectivity index (χ1n) is 15.1. The van der Waals surface area contributed by atoms with Crippen LogP contribution in [0.25, 0.3) is 0 Å². The number of aryl methyl sites for hydroxylation is 1. The Balaban J connectivity index is 0.00000135. The fraction of sp³-hybridized carbons (Fsp3) is 0.429. The molecule has 230 valence electrons. The van der Waals surface area contributed by atoms with Crippen LogP contribution in [0, 0.1) is 0 Å². The number of likely N-dealkylation sites (tertiary alicyclic amines) is 1. The highest BCUT2D eigenvalue weighted by Gasteiger charge is 2.32. The minimum absolute atomic E-state index is 0.0396. The summed E-state index contributed by atoms with van der Waals surface area (Å²) >= 11 is 0. The van der Waals surface area contributed by atoms with Crippen LogP contribution in [-0.2, 0) is 20.7 Å². The number of carboxylic acids is 1. The van der Waals surface area contributed by atoms with Gasteiger partial charge in [0.05, 0.1) is 0 Å². The molecule has 8 heteroatoms. The van der Waals surface area contributed by atoms with Crippen LogP contribution in [0.4, 0.5) is 0 Å². The predicted octanol–water partition coefficient (Wildman–Crippen LogP) is 5.38. The number of aliphatic carboxylic acids is 1. The first-order valence-corrected chi connectivity index (χ1v) is 15.1. The fourth-order valence-corrected chi connectivity index (χ4v) is 5.99. The average Bonchev–Trinajstić information content (AvgIpc) is 3.54. The van der Waals surface area contributed by atoms with E-state index >= 15 is 0 Å². The molecule has 43 heavy (non-hydrogen) atoms. The summed E-state index contributed by atoms with van der Waals surface area (Å²) in [5.41, 5.74) is 10.8. The van der Waals surface area contributed by atoms with Gasteiger partial charge in [-0.2, -0.15) is 0 Å². The van der Waals surface area contributed by atoms with Gasteiger partial charge < -0.3 is 25.1 Å². The zero-order valence-corrected chi connectivity index (χ0v) is 25.2. The number of hydrogen-bond donors (Lipinski definition) is 2. The summed E-state index contributed by atoms with van der Waals surface area (Å²) in [6, 6.07) is 24.0. The normalized spacial score (nSPS) is 18.6.